The summed E-state index contributed by atoms with van der Waals surface area (Å²) in [4.78, 5) is 0. The summed E-state index contributed by atoms with van der Waals surface area (Å²) in [6.45, 7) is 5.71. The minimum Gasteiger partial charge on any atom is -0.310 e. The maximum Gasteiger partial charge on any atom is 0.0348 e. The van der Waals surface area contributed by atoms with E-state index in [0.717, 1.165) is 24.3 Å². The van der Waals surface area contributed by atoms with Gasteiger partial charge in [-0.1, -0.05) is 51.0 Å². The van der Waals surface area contributed by atoms with Crippen LogP contribution in [0.2, 0.25) is 0 Å². The van der Waals surface area contributed by atoms with Gasteiger partial charge in [-0.2, -0.15) is 0 Å². The summed E-state index contributed by atoms with van der Waals surface area (Å²) in [5.41, 5.74) is 3.07. The minimum absolute atomic E-state index is 0.570. The van der Waals surface area contributed by atoms with Crippen LogP contribution in [0.1, 0.15) is 75.5 Å². The molecule has 1 aromatic rings. The van der Waals surface area contributed by atoms with E-state index in [2.05, 4.69) is 43.4 Å². The van der Waals surface area contributed by atoms with Gasteiger partial charge < -0.3 is 5.32 Å². The molecule has 2 fully saturated rings. The molecule has 2 saturated carbocycles. The second-order valence-corrected chi connectivity index (χ2v) is 7.01. The lowest BCUT2D eigenvalue weighted by atomic mass is 9.79. The van der Waals surface area contributed by atoms with Gasteiger partial charge in [0.05, 0.1) is 0 Å². The van der Waals surface area contributed by atoms with Gasteiger partial charge in [-0.3, -0.25) is 0 Å². The van der Waals surface area contributed by atoms with Gasteiger partial charge in [0.1, 0.15) is 0 Å². The number of hydrogen-bond acceptors (Lipinski definition) is 1. The minimum atomic E-state index is 0.570. The number of nitrogens with one attached hydrogen (secondary N) is 1. The molecule has 0 heterocycles. The molecule has 0 aromatic heterocycles. The van der Waals surface area contributed by atoms with Crippen molar-refractivity contribution in [2.24, 2.45) is 11.8 Å². The Balaban J connectivity index is 1.72. The van der Waals surface area contributed by atoms with Crippen molar-refractivity contribution in [2.45, 2.75) is 64.3 Å². The van der Waals surface area contributed by atoms with E-state index in [9.17, 15) is 0 Å². The van der Waals surface area contributed by atoms with Gasteiger partial charge in [0, 0.05) is 6.04 Å². The quantitative estimate of drug-likeness (QED) is 0.791. The molecule has 2 aliphatic rings. The van der Waals surface area contributed by atoms with E-state index >= 15 is 0 Å². The molecule has 0 radical (unpaired) electrons. The highest BCUT2D eigenvalue weighted by molar-refractivity contribution is 5.29. The van der Waals surface area contributed by atoms with E-state index in [1.807, 2.05) is 0 Å². The van der Waals surface area contributed by atoms with Gasteiger partial charge in [0.15, 0.2) is 0 Å². The summed E-state index contributed by atoms with van der Waals surface area (Å²) >= 11 is 0. The Kier molecular flexibility index (Phi) is 4.45. The molecule has 1 nitrogen and oxygen atoms in total. The highest BCUT2D eigenvalue weighted by atomic mass is 14.9. The lowest BCUT2D eigenvalue weighted by Gasteiger charge is -2.28. The highest BCUT2D eigenvalue weighted by Gasteiger charge is 2.29. The third-order valence-corrected chi connectivity index (χ3v) is 5.50. The third-order valence-electron chi connectivity index (χ3n) is 5.50. The van der Waals surface area contributed by atoms with Gasteiger partial charge in [-0.05, 0) is 61.1 Å². The monoisotopic (exact) mass is 271 g/mol. The zero-order chi connectivity index (χ0) is 13.9. The fourth-order valence-corrected chi connectivity index (χ4v) is 4.05. The van der Waals surface area contributed by atoms with Crippen LogP contribution >= 0.6 is 0 Å². The molecule has 0 saturated heterocycles. The molecule has 0 bridgehead atoms. The zero-order valence-electron chi connectivity index (χ0n) is 13.1. The predicted molar refractivity (Wildman–Crippen MR) is 86.0 cm³/mol. The summed E-state index contributed by atoms with van der Waals surface area (Å²) < 4.78 is 0. The molecular formula is C19H29N. The number of rotatable bonds is 5. The fraction of sp³-hybridized carbons (Fsp3) is 0.684. The van der Waals surface area contributed by atoms with E-state index in [4.69, 9.17) is 0 Å². The Labute approximate surface area is 124 Å². The van der Waals surface area contributed by atoms with Crippen molar-refractivity contribution in [3.63, 3.8) is 0 Å². The van der Waals surface area contributed by atoms with Gasteiger partial charge in [-0.15, -0.1) is 0 Å². The second-order valence-electron chi connectivity index (χ2n) is 7.01. The van der Waals surface area contributed by atoms with Gasteiger partial charge in [0.2, 0.25) is 0 Å². The lowest BCUT2D eigenvalue weighted by Crippen LogP contribution is -2.27. The molecule has 2 aliphatic carbocycles. The van der Waals surface area contributed by atoms with Crippen molar-refractivity contribution in [3.05, 3.63) is 35.4 Å². The Hall–Kier alpha value is -0.820. The normalized spacial score (nSPS) is 28.3. The zero-order valence-corrected chi connectivity index (χ0v) is 13.1. The fourth-order valence-electron chi connectivity index (χ4n) is 4.05. The van der Waals surface area contributed by atoms with E-state index < -0.39 is 0 Å². The van der Waals surface area contributed by atoms with Crippen LogP contribution in [0.25, 0.3) is 0 Å². The average Bonchev–Trinajstić information content (AvgIpc) is 2.82. The lowest BCUT2D eigenvalue weighted by molar-refractivity contribution is 0.364. The molecule has 3 atom stereocenters. The third kappa shape index (κ3) is 2.93. The largest absolute Gasteiger partial charge is 0.310 e. The van der Waals surface area contributed by atoms with Crippen molar-refractivity contribution in [2.75, 3.05) is 6.54 Å². The molecule has 3 unspecified atom stereocenters. The van der Waals surface area contributed by atoms with E-state index in [1.165, 1.54) is 44.1 Å². The molecule has 0 amide bonds. The summed E-state index contributed by atoms with van der Waals surface area (Å²) in [6.07, 6.45) is 8.41. The second kappa shape index (κ2) is 6.30. The molecule has 20 heavy (non-hydrogen) atoms. The Bertz CT molecular complexity index is 418. The molecule has 1 aromatic carbocycles. The van der Waals surface area contributed by atoms with Crippen molar-refractivity contribution in [1.29, 1.82) is 0 Å². The van der Waals surface area contributed by atoms with E-state index in [0.29, 0.717) is 6.04 Å². The topological polar surface area (TPSA) is 12.0 Å². The van der Waals surface area contributed by atoms with Gasteiger partial charge >= 0.3 is 0 Å². The number of hydrogen-bond donors (Lipinski definition) is 1. The summed E-state index contributed by atoms with van der Waals surface area (Å²) in [6, 6.07) is 10.1. The van der Waals surface area contributed by atoms with Crippen molar-refractivity contribution in [1.82, 2.24) is 5.32 Å². The molecule has 110 valence electrons. The van der Waals surface area contributed by atoms with Gasteiger partial charge in [0.25, 0.3) is 0 Å². The van der Waals surface area contributed by atoms with Crippen LogP contribution in [-0.4, -0.2) is 6.54 Å². The van der Waals surface area contributed by atoms with Crippen LogP contribution in [0.3, 0.4) is 0 Å². The summed E-state index contributed by atoms with van der Waals surface area (Å²) in [5, 5.41) is 3.74. The predicted octanol–water partition coefficient (Wildman–Crippen LogP) is 5.04. The number of benzene rings is 1. The van der Waals surface area contributed by atoms with Crippen LogP contribution in [0.4, 0.5) is 0 Å². The maximum absolute atomic E-state index is 3.74. The first-order chi connectivity index (χ1) is 9.78. The first-order valence-electron chi connectivity index (χ1n) is 8.61. The van der Waals surface area contributed by atoms with E-state index in [-0.39, 0.29) is 0 Å². The Morgan fingerprint density at radius 1 is 1.10 bits per heavy atom. The highest BCUT2D eigenvalue weighted by Crippen LogP contribution is 2.40. The van der Waals surface area contributed by atoms with Crippen molar-refractivity contribution in [3.8, 4) is 0 Å². The van der Waals surface area contributed by atoms with Crippen molar-refractivity contribution < 1.29 is 0 Å². The summed E-state index contributed by atoms with van der Waals surface area (Å²) in [5.74, 6) is 2.60. The molecule has 0 spiro atoms. The Morgan fingerprint density at radius 2 is 1.85 bits per heavy atom. The van der Waals surface area contributed by atoms with Crippen LogP contribution < -0.4 is 5.32 Å². The Morgan fingerprint density at radius 3 is 2.35 bits per heavy atom. The molecular weight excluding hydrogens is 242 g/mol. The summed E-state index contributed by atoms with van der Waals surface area (Å²) in [7, 11) is 0. The standard InChI is InChI=1S/C19H29N/c1-3-20-19(18-8-7-14(2)13-18)17-11-9-16(10-12-17)15-5-4-6-15/h9-12,14-15,18-20H,3-8,13H2,1-2H3. The maximum atomic E-state index is 3.74. The van der Waals surface area contributed by atoms with Crippen LogP contribution in [0.5, 0.6) is 0 Å². The van der Waals surface area contributed by atoms with Crippen LogP contribution in [0, 0.1) is 11.8 Å². The van der Waals surface area contributed by atoms with Crippen molar-refractivity contribution >= 4 is 0 Å². The average molecular weight is 271 g/mol. The van der Waals surface area contributed by atoms with E-state index in [1.54, 1.807) is 5.56 Å². The smallest absolute Gasteiger partial charge is 0.0348 e. The SMILES string of the molecule is CCNC(c1ccc(C2CCC2)cc1)C1CCC(C)C1. The molecule has 1 N–H and O–H groups in total. The van der Waals surface area contributed by atoms with Gasteiger partial charge in [-0.25, -0.2) is 0 Å². The first kappa shape index (κ1) is 14.1. The molecule has 1 heteroatoms. The molecule has 3 rings (SSSR count). The first-order valence-corrected chi connectivity index (χ1v) is 8.61. The van der Waals surface area contributed by atoms with Crippen LogP contribution in [-0.2, 0) is 0 Å². The molecule has 0 aliphatic heterocycles. The van der Waals surface area contributed by atoms with Crippen LogP contribution in [0.15, 0.2) is 24.3 Å².